The quantitative estimate of drug-likeness (QED) is 0.549. The highest BCUT2D eigenvalue weighted by Crippen LogP contribution is 2.28. The van der Waals surface area contributed by atoms with E-state index in [9.17, 15) is 14.4 Å². The third-order valence-electron chi connectivity index (χ3n) is 4.10. The SMILES string of the molecule is O=C1NCCCCCCNC(=O)C12CCCCNC2=O. The summed E-state index contributed by atoms with van der Waals surface area (Å²) in [5.41, 5.74) is -1.58. The predicted octanol–water partition coefficient (Wildman–Crippen LogP) is 0.0793. The molecule has 1 spiro atoms. The number of nitrogens with one attached hydrogen (secondary N) is 3. The maximum absolute atomic E-state index is 12.5. The van der Waals surface area contributed by atoms with Crippen LogP contribution >= 0.6 is 0 Å². The van der Waals surface area contributed by atoms with Crippen molar-refractivity contribution in [3.63, 3.8) is 0 Å². The summed E-state index contributed by atoms with van der Waals surface area (Å²) in [6.07, 6.45) is 5.60. The minimum Gasteiger partial charge on any atom is -0.355 e. The van der Waals surface area contributed by atoms with Crippen molar-refractivity contribution in [1.82, 2.24) is 16.0 Å². The van der Waals surface area contributed by atoms with Gasteiger partial charge in [0.15, 0.2) is 0 Å². The first kappa shape index (κ1) is 14.8. The third-order valence-corrected chi connectivity index (χ3v) is 4.10. The molecule has 2 saturated heterocycles. The normalized spacial score (nSPS) is 24.9. The van der Waals surface area contributed by atoms with Crippen molar-refractivity contribution in [3.05, 3.63) is 0 Å². The van der Waals surface area contributed by atoms with E-state index in [1.165, 1.54) is 0 Å². The summed E-state index contributed by atoms with van der Waals surface area (Å²) >= 11 is 0. The van der Waals surface area contributed by atoms with Crippen molar-refractivity contribution < 1.29 is 14.4 Å². The molecule has 0 aromatic rings. The van der Waals surface area contributed by atoms with E-state index in [0.717, 1.165) is 32.1 Å². The van der Waals surface area contributed by atoms with Gasteiger partial charge in [0.1, 0.15) is 0 Å². The molecule has 6 heteroatoms. The molecule has 2 rings (SSSR count). The van der Waals surface area contributed by atoms with Crippen LogP contribution in [0.3, 0.4) is 0 Å². The van der Waals surface area contributed by atoms with Gasteiger partial charge in [-0.05, 0) is 32.1 Å². The molecule has 0 saturated carbocycles. The molecule has 6 nitrogen and oxygen atoms in total. The molecule has 0 unspecified atom stereocenters. The van der Waals surface area contributed by atoms with E-state index in [2.05, 4.69) is 16.0 Å². The van der Waals surface area contributed by atoms with Crippen LogP contribution in [0.2, 0.25) is 0 Å². The Labute approximate surface area is 119 Å². The molecule has 3 N–H and O–H groups in total. The van der Waals surface area contributed by atoms with Crippen LogP contribution in [0.4, 0.5) is 0 Å². The van der Waals surface area contributed by atoms with Crippen molar-refractivity contribution in [1.29, 1.82) is 0 Å². The van der Waals surface area contributed by atoms with Gasteiger partial charge in [-0.1, -0.05) is 12.8 Å². The topological polar surface area (TPSA) is 87.3 Å². The van der Waals surface area contributed by atoms with E-state index in [-0.39, 0.29) is 6.42 Å². The maximum atomic E-state index is 12.5. The zero-order valence-corrected chi connectivity index (χ0v) is 11.8. The van der Waals surface area contributed by atoms with Gasteiger partial charge < -0.3 is 16.0 Å². The lowest BCUT2D eigenvalue weighted by molar-refractivity contribution is -0.152. The van der Waals surface area contributed by atoms with Crippen LogP contribution in [0.25, 0.3) is 0 Å². The first-order chi connectivity index (χ1) is 9.68. The van der Waals surface area contributed by atoms with Crippen molar-refractivity contribution in [2.45, 2.75) is 44.9 Å². The Hall–Kier alpha value is -1.59. The zero-order chi connectivity index (χ0) is 14.4. The average Bonchev–Trinajstić information content (AvgIpc) is 2.64. The summed E-state index contributed by atoms with van der Waals surface area (Å²) < 4.78 is 0. The Kier molecular flexibility index (Phi) is 4.98. The van der Waals surface area contributed by atoms with Crippen molar-refractivity contribution in [2.75, 3.05) is 19.6 Å². The molecule has 0 atom stereocenters. The van der Waals surface area contributed by atoms with Crippen LogP contribution < -0.4 is 16.0 Å². The van der Waals surface area contributed by atoms with Crippen LogP contribution in [0.5, 0.6) is 0 Å². The van der Waals surface area contributed by atoms with E-state index in [4.69, 9.17) is 0 Å². The molecule has 2 heterocycles. The molecule has 112 valence electrons. The largest absolute Gasteiger partial charge is 0.355 e. The number of amides is 3. The summed E-state index contributed by atoms with van der Waals surface area (Å²) in [6.45, 7) is 1.59. The second-order valence-corrected chi connectivity index (χ2v) is 5.54. The first-order valence-electron chi connectivity index (χ1n) is 7.53. The van der Waals surface area contributed by atoms with E-state index >= 15 is 0 Å². The van der Waals surface area contributed by atoms with Crippen LogP contribution in [0, 0.1) is 5.41 Å². The molecule has 2 fully saturated rings. The van der Waals surface area contributed by atoms with Gasteiger partial charge in [0.05, 0.1) is 0 Å². The second kappa shape index (κ2) is 6.72. The highest BCUT2D eigenvalue weighted by atomic mass is 16.2. The first-order valence-corrected chi connectivity index (χ1v) is 7.53. The van der Waals surface area contributed by atoms with E-state index in [0.29, 0.717) is 26.1 Å². The predicted molar refractivity (Wildman–Crippen MR) is 73.8 cm³/mol. The van der Waals surface area contributed by atoms with Crippen LogP contribution in [0.15, 0.2) is 0 Å². The molecule has 0 bridgehead atoms. The smallest absolute Gasteiger partial charge is 0.245 e. The summed E-state index contributed by atoms with van der Waals surface area (Å²) in [5, 5.41) is 8.24. The maximum Gasteiger partial charge on any atom is 0.245 e. The Morgan fingerprint density at radius 1 is 0.600 bits per heavy atom. The fraction of sp³-hybridized carbons (Fsp3) is 0.786. The fourth-order valence-corrected chi connectivity index (χ4v) is 2.83. The molecule has 0 aromatic carbocycles. The lowest BCUT2D eigenvalue weighted by Crippen LogP contribution is -2.59. The number of rotatable bonds is 0. The number of hydrogen-bond acceptors (Lipinski definition) is 3. The van der Waals surface area contributed by atoms with E-state index in [1.807, 2.05) is 0 Å². The van der Waals surface area contributed by atoms with E-state index in [1.54, 1.807) is 0 Å². The molecular formula is C14H23N3O3. The minimum absolute atomic E-state index is 0.288. The third kappa shape index (κ3) is 2.94. The van der Waals surface area contributed by atoms with Crippen molar-refractivity contribution in [2.24, 2.45) is 5.41 Å². The second-order valence-electron chi connectivity index (χ2n) is 5.54. The standard InChI is InChI=1S/C14H23N3O3/c18-11-14(7-3-6-10-17-13(14)20)12(19)16-9-5-2-1-4-8-15-11/h1-10H2,(H,15,18)(H,16,19)(H,17,20). The average molecular weight is 281 g/mol. The molecule has 0 aromatic heterocycles. The Balaban J connectivity index is 2.27. The van der Waals surface area contributed by atoms with Gasteiger partial charge in [0.2, 0.25) is 23.1 Å². The van der Waals surface area contributed by atoms with Gasteiger partial charge in [-0.3, -0.25) is 14.4 Å². The molecule has 2 aliphatic heterocycles. The minimum atomic E-state index is -1.58. The number of carbonyl (C=O) groups is 3. The van der Waals surface area contributed by atoms with Crippen molar-refractivity contribution >= 4 is 17.7 Å². The Morgan fingerprint density at radius 3 is 1.45 bits per heavy atom. The molecular weight excluding hydrogens is 258 g/mol. The lowest BCUT2D eigenvalue weighted by Gasteiger charge is -2.28. The van der Waals surface area contributed by atoms with Crippen molar-refractivity contribution in [3.8, 4) is 0 Å². The zero-order valence-electron chi connectivity index (χ0n) is 11.8. The van der Waals surface area contributed by atoms with Gasteiger partial charge in [0.25, 0.3) is 0 Å². The summed E-state index contributed by atoms with van der Waals surface area (Å²) in [7, 11) is 0. The lowest BCUT2D eigenvalue weighted by atomic mass is 9.80. The van der Waals surface area contributed by atoms with Gasteiger partial charge in [0, 0.05) is 19.6 Å². The van der Waals surface area contributed by atoms with Gasteiger partial charge in [-0.2, -0.15) is 0 Å². The molecule has 0 aliphatic carbocycles. The molecule has 20 heavy (non-hydrogen) atoms. The highest BCUT2D eigenvalue weighted by molar-refractivity contribution is 6.22. The number of carbonyl (C=O) groups excluding carboxylic acids is 3. The molecule has 0 radical (unpaired) electrons. The highest BCUT2D eigenvalue weighted by Gasteiger charge is 2.52. The Morgan fingerprint density at radius 2 is 1.00 bits per heavy atom. The summed E-state index contributed by atoms with van der Waals surface area (Å²) in [6, 6.07) is 0. The number of hydrogen-bond donors (Lipinski definition) is 3. The Bertz CT molecular complexity index is 373. The molecule has 3 amide bonds. The summed E-state index contributed by atoms with van der Waals surface area (Å²) in [5.74, 6) is -1.35. The van der Waals surface area contributed by atoms with Crippen LogP contribution in [-0.2, 0) is 14.4 Å². The van der Waals surface area contributed by atoms with Crippen LogP contribution in [0.1, 0.15) is 44.9 Å². The van der Waals surface area contributed by atoms with Gasteiger partial charge in [-0.25, -0.2) is 0 Å². The van der Waals surface area contributed by atoms with E-state index < -0.39 is 23.1 Å². The summed E-state index contributed by atoms with van der Waals surface area (Å²) in [4.78, 5) is 37.3. The van der Waals surface area contributed by atoms with Gasteiger partial charge in [-0.15, -0.1) is 0 Å². The monoisotopic (exact) mass is 281 g/mol. The molecule has 2 aliphatic rings. The fourth-order valence-electron chi connectivity index (χ4n) is 2.83. The van der Waals surface area contributed by atoms with Crippen LogP contribution in [-0.4, -0.2) is 37.4 Å². The van der Waals surface area contributed by atoms with Gasteiger partial charge >= 0.3 is 0 Å².